The number of halogens is 1. The summed E-state index contributed by atoms with van der Waals surface area (Å²) in [7, 11) is 0. The number of thioether (sulfide) groups is 1. The van der Waals surface area contributed by atoms with Gasteiger partial charge in [0.05, 0.1) is 11.1 Å². The van der Waals surface area contributed by atoms with Crippen molar-refractivity contribution in [2.45, 2.75) is 42.1 Å². The zero-order chi connectivity index (χ0) is 23.3. The fraction of sp³-hybridized carbons (Fsp3) is 0.391. The Morgan fingerprint density at radius 1 is 1.25 bits per heavy atom. The minimum Gasteiger partial charge on any atom is -0.368 e. The summed E-state index contributed by atoms with van der Waals surface area (Å²) in [6.07, 6.45) is 0.896. The highest BCUT2D eigenvalue weighted by atomic mass is 32.2. The molecule has 1 aliphatic rings. The Bertz CT molecular complexity index is 1070. The van der Waals surface area contributed by atoms with Gasteiger partial charge in [-0.05, 0) is 17.5 Å². The van der Waals surface area contributed by atoms with Crippen molar-refractivity contribution in [1.82, 2.24) is 4.98 Å². The number of nitrogens with zero attached hydrogens (tertiary/aromatic N) is 4. The van der Waals surface area contributed by atoms with Crippen molar-refractivity contribution in [2.75, 3.05) is 24.5 Å². The van der Waals surface area contributed by atoms with Crippen LogP contribution >= 0.6 is 11.8 Å². The number of aromatic nitrogens is 1. The lowest BCUT2D eigenvalue weighted by Gasteiger charge is -2.37. The standard InChI is InChI=1S/C23H25FN6OS/c1-2-16-17(12-25)21(30-10-8-23(24,14-27)9-11-30)29-22(18(16)13-26)32-19(20(28)31)15-6-4-3-5-7-15/h3-7,19H,2,8-11,14,27H2,1H3,(H2,28,31). The fourth-order valence-electron chi connectivity index (χ4n) is 3.85. The van der Waals surface area contributed by atoms with Crippen molar-refractivity contribution in [3.05, 3.63) is 52.6 Å². The Hall–Kier alpha value is -3.14. The predicted octanol–water partition coefficient (Wildman–Crippen LogP) is 2.97. The molecular formula is C23H25FN6OS. The van der Waals surface area contributed by atoms with E-state index in [0.717, 1.165) is 11.8 Å². The number of carbonyl (C=O) groups is 1. The summed E-state index contributed by atoms with van der Waals surface area (Å²) in [4.78, 5) is 18.8. The molecule has 9 heteroatoms. The highest BCUT2D eigenvalue weighted by Crippen LogP contribution is 2.40. The molecule has 0 bridgehead atoms. The summed E-state index contributed by atoms with van der Waals surface area (Å²) in [6, 6.07) is 13.4. The summed E-state index contributed by atoms with van der Waals surface area (Å²) >= 11 is 1.09. The molecular weight excluding hydrogens is 427 g/mol. The number of nitrogens with two attached hydrogens (primary N) is 2. The van der Waals surface area contributed by atoms with Gasteiger partial charge in [0.1, 0.15) is 33.9 Å². The number of carbonyl (C=O) groups excluding carboxylic acids is 1. The number of hydrogen-bond acceptors (Lipinski definition) is 7. The van der Waals surface area contributed by atoms with Crippen LogP contribution in [0.5, 0.6) is 0 Å². The van der Waals surface area contributed by atoms with E-state index in [9.17, 15) is 19.7 Å². The maximum atomic E-state index is 14.6. The zero-order valence-corrected chi connectivity index (χ0v) is 18.7. The van der Waals surface area contributed by atoms with Crippen molar-refractivity contribution in [2.24, 2.45) is 11.5 Å². The van der Waals surface area contributed by atoms with Crippen LogP contribution in [-0.2, 0) is 11.2 Å². The van der Waals surface area contributed by atoms with Gasteiger partial charge in [0.2, 0.25) is 5.91 Å². The summed E-state index contributed by atoms with van der Waals surface area (Å²) in [6.45, 7) is 2.51. The van der Waals surface area contributed by atoms with E-state index in [-0.39, 0.29) is 24.9 Å². The van der Waals surface area contributed by atoms with Gasteiger partial charge in [-0.15, -0.1) is 0 Å². The van der Waals surface area contributed by atoms with Crippen LogP contribution in [0.15, 0.2) is 35.4 Å². The van der Waals surface area contributed by atoms with E-state index < -0.39 is 16.8 Å². The van der Waals surface area contributed by atoms with Gasteiger partial charge in [0.25, 0.3) is 0 Å². The number of alkyl halides is 1. The largest absolute Gasteiger partial charge is 0.368 e. The van der Waals surface area contributed by atoms with E-state index in [2.05, 4.69) is 17.1 Å². The van der Waals surface area contributed by atoms with Gasteiger partial charge >= 0.3 is 0 Å². The van der Waals surface area contributed by atoms with Gasteiger partial charge in [-0.3, -0.25) is 4.79 Å². The quantitative estimate of drug-likeness (QED) is 0.617. The average Bonchev–Trinajstić information content (AvgIpc) is 2.82. The average molecular weight is 453 g/mol. The van der Waals surface area contributed by atoms with Gasteiger partial charge in [0, 0.05) is 32.5 Å². The maximum Gasteiger partial charge on any atom is 0.235 e. The molecule has 0 saturated carbocycles. The van der Waals surface area contributed by atoms with E-state index in [4.69, 9.17) is 11.5 Å². The number of pyridine rings is 1. The van der Waals surface area contributed by atoms with E-state index in [1.165, 1.54) is 0 Å². The highest BCUT2D eigenvalue weighted by molar-refractivity contribution is 8.00. The second kappa shape index (κ2) is 9.99. The van der Waals surface area contributed by atoms with Crippen LogP contribution in [-0.4, -0.2) is 36.2 Å². The van der Waals surface area contributed by atoms with Crippen molar-refractivity contribution in [3.8, 4) is 12.1 Å². The molecule has 32 heavy (non-hydrogen) atoms. The molecule has 166 valence electrons. The lowest BCUT2D eigenvalue weighted by atomic mass is 9.93. The van der Waals surface area contributed by atoms with Crippen LogP contribution in [0.1, 0.15) is 47.3 Å². The summed E-state index contributed by atoms with van der Waals surface area (Å²) in [5, 5.41) is 19.3. The first-order chi connectivity index (χ1) is 15.4. The molecule has 1 aromatic carbocycles. The van der Waals surface area contributed by atoms with Crippen molar-refractivity contribution in [3.63, 3.8) is 0 Å². The molecule has 2 aromatic rings. The molecule has 0 aliphatic carbocycles. The van der Waals surface area contributed by atoms with Gasteiger partial charge in [-0.2, -0.15) is 10.5 Å². The van der Waals surface area contributed by atoms with Crippen molar-refractivity contribution in [1.29, 1.82) is 10.5 Å². The minimum absolute atomic E-state index is 0.0502. The number of piperidine rings is 1. The van der Waals surface area contributed by atoms with Gasteiger partial charge in [0.15, 0.2) is 0 Å². The minimum atomic E-state index is -1.43. The first-order valence-electron chi connectivity index (χ1n) is 10.4. The Labute approximate surface area is 191 Å². The van der Waals surface area contributed by atoms with Crippen LogP contribution in [0.3, 0.4) is 0 Å². The fourth-order valence-corrected chi connectivity index (χ4v) is 4.91. The Kier molecular flexibility index (Phi) is 7.34. The third kappa shape index (κ3) is 4.69. The molecule has 2 heterocycles. The number of primary amides is 1. The second-order valence-electron chi connectivity index (χ2n) is 7.70. The highest BCUT2D eigenvalue weighted by Gasteiger charge is 2.35. The zero-order valence-electron chi connectivity index (χ0n) is 17.8. The number of anilines is 1. The first-order valence-corrected chi connectivity index (χ1v) is 11.3. The second-order valence-corrected chi connectivity index (χ2v) is 8.79. The topological polar surface area (TPSA) is 133 Å². The van der Waals surface area contributed by atoms with Crippen LogP contribution < -0.4 is 16.4 Å². The van der Waals surface area contributed by atoms with E-state index >= 15 is 0 Å². The molecule has 1 aliphatic heterocycles. The monoisotopic (exact) mass is 452 g/mol. The predicted molar refractivity (Wildman–Crippen MR) is 122 cm³/mol. The molecule has 7 nitrogen and oxygen atoms in total. The van der Waals surface area contributed by atoms with Gasteiger partial charge < -0.3 is 16.4 Å². The third-order valence-corrected chi connectivity index (χ3v) is 7.00. The maximum absolute atomic E-state index is 14.6. The number of rotatable bonds is 7. The van der Waals surface area contributed by atoms with Crippen molar-refractivity contribution < 1.29 is 9.18 Å². The Balaban J connectivity index is 2.08. The van der Waals surface area contributed by atoms with E-state index in [1.54, 1.807) is 24.3 Å². The first kappa shape index (κ1) is 23.5. The van der Waals surface area contributed by atoms with Gasteiger partial charge in [-0.1, -0.05) is 49.0 Å². The Morgan fingerprint density at radius 2 is 1.88 bits per heavy atom. The van der Waals surface area contributed by atoms with Crippen LogP contribution in [0.2, 0.25) is 0 Å². The van der Waals surface area contributed by atoms with Crippen LogP contribution in [0, 0.1) is 22.7 Å². The smallest absolute Gasteiger partial charge is 0.235 e. The molecule has 0 spiro atoms. The molecule has 4 N–H and O–H groups in total. The van der Waals surface area contributed by atoms with E-state index in [0.29, 0.717) is 47.0 Å². The third-order valence-electron chi connectivity index (χ3n) is 5.74. The molecule has 0 radical (unpaired) electrons. The normalized spacial score (nSPS) is 16.1. The molecule has 1 saturated heterocycles. The molecule has 1 fully saturated rings. The SMILES string of the molecule is CCc1c(C#N)c(SC(C(N)=O)c2ccccc2)nc(N2CCC(F)(CN)CC2)c1C#N. The lowest BCUT2D eigenvalue weighted by molar-refractivity contribution is -0.117. The molecule has 1 amide bonds. The summed E-state index contributed by atoms with van der Waals surface area (Å²) < 4.78 is 14.6. The van der Waals surface area contributed by atoms with Crippen molar-refractivity contribution >= 4 is 23.5 Å². The molecule has 1 atom stereocenters. The number of amides is 1. The lowest BCUT2D eigenvalue weighted by Crippen LogP contribution is -2.46. The Morgan fingerprint density at radius 3 is 2.38 bits per heavy atom. The number of hydrogen-bond donors (Lipinski definition) is 2. The molecule has 1 unspecified atom stereocenters. The van der Waals surface area contributed by atoms with Crippen LogP contribution in [0.4, 0.5) is 10.2 Å². The molecule has 1 aromatic heterocycles. The summed E-state index contributed by atoms with van der Waals surface area (Å²) in [5.41, 5.74) is 11.7. The summed E-state index contributed by atoms with van der Waals surface area (Å²) in [5.74, 6) is -0.153. The van der Waals surface area contributed by atoms with Crippen LogP contribution in [0.25, 0.3) is 0 Å². The number of nitriles is 2. The number of benzene rings is 1. The van der Waals surface area contributed by atoms with Gasteiger partial charge in [-0.25, -0.2) is 9.37 Å². The van der Waals surface area contributed by atoms with E-state index in [1.807, 2.05) is 17.9 Å². The molecule has 3 rings (SSSR count).